The van der Waals surface area contributed by atoms with Crippen molar-refractivity contribution in [3.05, 3.63) is 35.5 Å². The van der Waals surface area contributed by atoms with Gasteiger partial charge in [-0.3, -0.25) is 4.79 Å². The Morgan fingerprint density at radius 1 is 1.20 bits per heavy atom. The summed E-state index contributed by atoms with van der Waals surface area (Å²) >= 11 is 0. The van der Waals surface area contributed by atoms with Crippen molar-refractivity contribution < 1.29 is 4.79 Å². The number of carbonyl (C=O) groups is 1. The Morgan fingerprint density at radius 3 is 2.76 bits per heavy atom. The standard InChI is InChI=1S/C19H21N5O/c1-12-11-15(23-9-2-3-10-23)21-18-16(12)22-19(25)14-5-4-8-20-17(14)24(18)13-6-7-13/h4-5,8,11,13H,2-3,6-7,9-10H2,1H3,(H,22,25). The molecule has 0 bridgehead atoms. The molecule has 0 spiro atoms. The number of hydrogen-bond acceptors (Lipinski definition) is 5. The van der Waals surface area contributed by atoms with Crippen molar-refractivity contribution in [3.63, 3.8) is 0 Å². The summed E-state index contributed by atoms with van der Waals surface area (Å²) in [5, 5.41) is 3.08. The van der Waals surface area contributed by atoms with Crippen LogP contribution in [0.15, 0.2) is 24.4 Å². The number of aryl methyl sites for hydroxylation is 1. The molecule has 2 fully saturated rings. The van der Waals surface area contributed by atoms with Crippen LogP contribution in [0.25, 0.3) is 0 Å². The van der Waals surface area contributed by atoms with Crippen LogP contribution in [0, 0.1) is 6.92 Å². The van der Waals surface area contributed by atoms with Crippen molar-refractivity contribution in [2.45, 2.75) is 38.6 Å². The number of rotatable bonds is 2. The van der Waals surface area contributed by atoms with E-state index in [-0.39, 0.29) is 5.91 Å². The molecule has 1 N–H and O–H groups in total. The predicted molar refractivity (Wildman–Crippen MR) is 97.8 cm³/mol. The third-order valence-electron chi connectivity index (χ3n) is 5.25. The third kappa shape index (κ3) is 2.35. The van der Waals surface area contributed by atoms with Gasteiger partial charge in [-0.25, -0.2) is 9.97 Å². The summed E-state index contributed by atoms with van der Waals surface area (Å²) in [6, 6.07) is 6.13. The van der Waals surface area contributed by atoms with Gasteiger partial charge in [0, 0.05) is 25.3 Å². The molecular weight excluding hydrogens is 314 g/mol. The number of hydrogen-bond donors (Lipinski definition) is 1. The number of anilines is 4. The molecule has 2 aromatic heterocycles. The van der Waals surface area contributed by atoms with E-state index in [0.717, 1.165) is 54.6 Å². The summed E-state index contributed by atoms with van der Waals surface area (Å²) in [5.41, 5.74) is 2.49. The van der Waals surface area contributed by atoms with E-state index in [4.69, 9.17) is 4.98 Å². The molecule has 1 saturated heterocycles. The summed E-state index contributed by atoms with van der Waals surface area (Å²) < 4.78 is 0. The molecule has 25 heavy (non-hydrogen) atoms. The monoisotopic (exact) mass is 335 g/mol. The van der Waals surface area contributed by atoms with Crippen molar-refractivity contribution in [2.24, 2.45) is 0 Å². The van der Waals surface area contributed by atoms with Gasteiger partial charge in [-0.15, -0.1) is 0 Å². The zero-order chi connectivity index (χ0) is 17.0. The first-order chi connectivity index (χ1) is 12.2. The van der Waals surface area contributed by atoms with E-state index < -0.39 is 0 Å². The SMILES string of the molecule is Cc1cc(N2CCCC2)nc2c1NC(=O)c1cccnc1N2C1CC1. The molecule has 0 aromatic carbocycles. The summed E-state index contributed by atoms with van der Waals surface area (Å²) in [6.45, 7) is 4.15. The zero-order valence-corrected chi connectivity index (χ0v) is 14.3. The van der Waals surface area contributed by atoms with Crippen LogP contribution in [0.4, 0.5) is 23.1 Å². The molecule has 2 aromatic rings. The van der Waals surface area contributed by atoms with Crippen LogP contribution >= 0.6 is 0 Å². The highest BCUT2D eigenvalue weighted by molar-refractivity contribution is 6.12. The maximum atomic E-state index is 12.7. The predicted octanol–water partition coefficient (Wildman–Crippen LogP) is 3.25. The lowest BCUT2D eigenvalue weighted by molar-refractivity contribution is 0.102. The first-order valence-electron chi connectivity index (χ1n) is 9.04. The van der Waals surface area contributed by atoms with E-state index in [1.165, 1.54) is 12.8 Å². The van der Waals surface area contributed by atoms with Crippen molar-refractivity contribution >= 4 is 29.0 Å². The maximum Gasteiger partial charge on any atom is 0.259 e. The topological polar surface area (TPSA) is 61.4 Å². The first-order valence-corrected chi connectivity index (χ1v) is 9.04. The van der Waals surface area contributed by atoms with Gasteiger partial charge in [0.25, 0.3) is 5.91 Å². The fourth-order valence-electron chi connectivity index (χ4n) is 3.80. The van der Waals surface area contributed by atoms with Gasteiger partial charge in [0.15, 0.2) is 5.82 Å². The van der Waals surface area contributed by atoms with Crippen molar-refractivity contribution in [1.29, 1.82) is 0 Å². The molecule has 0 unspecified atom stereocenters. The molecular formula is C19H21N5O. The minimum atomic E-state index is -0.105. The van der Waals surface area contributed by atoms with Gasteiger partial charge in [0.2, 0.25) is 0 Å². The number of nitrogens with one attached hydrogen (secondary N) is 1. The minimum Gasteiger partial charge on any atom is -0.357 e. The van der Waals surface area contributed by atoms with Gasteiger partial charge in [-0.1, -0.05) is 0 Å². The van der Waals surface area contributed by atoms with Crippen molar-refractivity contribution in [3.8, 4) is 0 Å². The van der Waals surface area contributed by atoms with Crippen LogP contribution < -0.4 is 15.1 Å². The van der Waals surface area contributed by atoms with E-state index in [1.54, 1.807) is 6.20 Å². The average Bonchev–Trinajstić information content (AvgIpc) is 3.31. The molecule has 6 nitrogen and oxygen atoms in total. The largest absolute Gasteiger partial charge is 0.357 e. The van der Waals surface area contributed by atoms with E-state index in [0.29, 0.717) is 11.6 Å². The van der Waals surface area contributed by atoms with Crippen LogP contribution in [0.3, 0.4) is 0 Å². The van der Waals surface area contributed by atoms with E-state index in [1.807, 2.05) is 12.1 Å². The number of carbonyl (C=O) groups excluding carboxylic acids is 1. The second-order valence-electron chi connectivity index (χ2n) is 7.12. The van der Waals surface area contributed by atoms with Gasteiger partial charge in [0.05, 0.1) is 11.3 Å². The second-order valence-corrected chi connectivity index (χ2v) is 7.12. The van der Waals surface area contributed by atoms with Gasteiger partial charge >= 0.3 is 0 Å². The smallest absolute Gasteiger partial charge is 0.259 e. The fraction of sp³-hybridized carbons (Fsp3) is 0.421. The molecule has 0 atom stereocenters. The Balaban J connectivity index is 1.71. The highest BCUT2D eigenvalue weighted by Crippen LogP contribution is 2.45. The Morgan fingerprint density at radius 2 is 2.00 bits per heavy atom. The second kappa shape index (κ2) is 5.44. The van der Waals surface area contributed by atoms with Crippen molar-refractivity contribution in [2.75, 3.05) is 28.2 Å². The highest BCUT2D eigenvalue weighted by Gasteiger charge is 2.38. The van der Waals surface area contributed by atoms with Crippen LogP contribution in [0.5, 0.6) is 0 Å². The van der Waals surface area contributed by atoms with Gasteiger partial charge in [-0.05, 0) is 56.4 Å². The molecule has 0 radical (unpaired) electrons. The quantitative estimate of drug-likeness (QED) is 0.913. The Kier molecular flexibility index (Phi) is 3.20. The fourth-order valence-corrected chi connectivity index (χ4v) is 3.80. The molecule has 3 aliphatic rings. The Labute approximate surface area is 146 Å². The molecule has 5 rings (SSSR count). The van der Waals surface area contributed by atoms with Gasteiger partial charge in [-0.2, -0.15) is 0 Å². The number of nitrogens with zero attached hydrogens (tertiary/aromatic N) is 4. The summed E-state index contributed by atoms with van der Waals surface area (Å²) in [6.07, 6.45) is 6.40. The van der Waals surface area contributed by atoms with Gasteiger partial charge < -0.3 is 15.1 Å². The lowest BCUT2D eigenvalue weighted by Crippen LogP contribution is -2.25. The molecule has 1 saturated carbocycles. The van der Waals surface area contributed by atoms with Gasteiger partial charge in [0.1, 0.15) is 11.6 Å². The zero-order valence-electron chi connectivity index (χ0n) is 14.3. The van der Waals surface area contributed by atoms with Crippen LogP contribution in [-0.2, 0) is 0 Å². The first kappa shape index (κ1) is 14.7. The maximum absolute atomic E-state index is 12.7. The Hall–Kier alpha value is -2.63. The molecule has 6 heteroatoms. The molecule has 1 aliphatic carbocycles. The molecule has 128 valence electrons. The number of fused-ring (bicyclic) bond motifs is 2. The van der Waals surface area contributed by atoms with Crippen LogP contribution in [0.2, 0.25) is 0 Å². The molecule has 2 aliphatic heterocycles. The van der Waals surface area contributed by atoms with E-state index >= 15 is 0 Å². The van der Waals surface area contributed by atoms with Crippen molar-refractivity contribution in [1.82, 2.24) is 9.97 Å². The van der Waals surface area contributed by atoms with E-state index in [9.17, 15) is 4.79 Å². The summed E-state index contributed by atoms with van der Waals surface area (Å²) in [4.78, 5) is 26.8. The average molecular weight is 335 g/mol. The number of pyridine rings is 2. The lowest BCUT2D eigenvalue weighted by atomic mass is 10.2. The number of amides is 1. The Bertz CT molecular complexity index is 855. The highest BCUT2D eigenvalue weighted by atomic mass is 16.1. The summed E-state index contributed by atoms with van der Waals surface area (Å²) in [5.74, 6) is 2.47. The minimum absolute atomic E-state index is 0.105. The van der Waals surface area contributed by atoms with E-state index in [2.05, 4.69) is 33.1 Å². The lowest BCUT2D eigenvalue weighted by Gasteiger charge is -2.26. The third-order valence-corrected chi connectivity index (χ3v) is 5.25. The van der Waals surface area contributed by atoms with Crippen LogP contribution in [-0.4, -0.2) is 35.0 Å². The normalized spacial score (nSPS) is 19.3. The summed E-state index contributed by atoms with van der Waals surface area (Å²) in [7, 11) is 0. The molecule has 4 heterocycles. The van der Waals surface area contributed by atoms with Crippen LogP contribution in [0.1, 0.15) is 41.6 Å². The molecule has 1 amide bonds. The number of aromatic nitrogens is 2.